The van der Waals surface area contributed by atoms with Crippen molar-refractivity contribution in [3.8, 4) is 0 Å². The Morgan fingerprint density at radius 2 is 1.94 bits per heavy atom. The molecule has 4 nitrogen and oxygen atoms in total. The van der Waals surface area contributed by atoms with Crippen LogP contribution in [0.2, 0.25) is 0 Å². The van der Waals surface area contributed by atoms with Gasteiger partial charge in [0, 0.05) is 13.1 Å². The molecule has 17 heavy (non-hydrogen) atoms. The van der Waals surface area contributed by atoms with Crippen molar-refractivity contribution in [3.63, 3.8) is 0 Å². The second-order valence-electron chi connectivity index (χ2n) is 5.79. The van der Waals surface area contributed by atoms with Gasteiger partial charge in [0.1, 0.15) is 6.61 Å². The summed E-state index contributed by atoms with van der Waals surface area (Å²) in [5.41, 5.74) is 5.91. The van der Waals surface area contributed by atoms with E-state index in [4.69, 9.17) is 10.5 Å². The molecule has 1 saturated heterocycles. The molecule has 2 aliphatic rings. The maximum Gasteiger partial charge on any atom is 0.409 e. The van der Waals surface area contributed by atoms with E-state index in [2.05, 4.69) is 6.92 Å². The lowest BCUT2D eigenvalue weighted by Crippen LogP contribution is -2.45. The van der Waals surface area contributed by atoms with E-state index in [1.807, 2.05) is 4.90 Å². The van der Waals surface area contributed by atoms with Gasteiger partial charge in [0.15, 0.2) is 0 Å². The summed E-state index contributed by atoms with van der Waals surface area (Å²) in [5, 5.41) is 0. The summed E-state index contributed by atoms with van der Waals surface area (Å²) in [5.74, 6) is 0.731. The topological polar surface area (TPSA) is 55.6 Å². The SMILES string of the molecule is CC1CCN(C(=O)OCC2(N)CCCC2)CC1. The highest BCUT2D eigenvalue weighted by atomic mass is 16.6. The molecule has 4 heteroatoms. The number of nitrogens with two attached hydrogens (primary N) is 1. The predicted octanol–water partition coefficient (Wildman–Crippen LogP) is 2.13. The summed E-state index contributed by atoms with van der Waals surface area (Å²) in [6.45, 7) is 4.28. The highest BCUT2D eigenvalue weighted by Crippen LogP contribution is 2.27. The van der Waals surface area contributed by atoms with Crippen LogP contribution < -0.4 is 5.73 Å². The van der Waals surface area contributed by atoms with Crippen molar-refractivity contribution < 1.29 is 9.53 Å². The van der Waals surface area contributed by atoms with Gasteiger partial charge in [0.2, 0.25) is 0 Å². The van der Waals surface area contributed by atoms with Crippen molar-refractivity contribution in [2.24, 2.45) is 11.7 Å². The minimum Gasteiger partial charge on any atom is -0.447 e. The van der Waals surface area contributed by atoms with Gasteiger partial charge in [0.25, 0.3) is 0 Å². The number of carbonyl (C=O) groups excluding carboxylic acids is 1. The summed E-state index contributed by atoms with van der Waals surface area (Å²) in [6.07, 6.45) is 6.29. The fraction of sp³-hybridized carbons (Fsp3) is 0.923. The highest BCUT2D eigenvalue weighted by Gasteiger charge is 2.32. The summed E-state index contributed by atoms with van der Waals surface area (Å²) in [6, 6.07) is 0. The van der Waals surface area contributed by atoms with Gasteiger partial charge in [-0.05, 0) is 31.6 Å². The molecule has 0 unspecified atom stereocenters. The zero-order chi connectivity index (χ0) is 12.3. The van der Waals surface area contributed by atoms with E-state index in [0.717, 1.165) is 57.5 Å². The largest absolute Gasteiger partial charge is 0.447 e. The molecule has 1 aliphatic heterocycles. The summed E-state index contributed by atoms with van der Waals surface area (Å²) in [7, 11) is 0. The summed E-state index contributed by atoms with van der Waals surface area (Å²) in [4.78, 5) is 13.7. The zero-order valence-corrected chi connectivity index (χ0v) is 10.8. The Kier molecular flexibility index (Phi) is 3.92. The third-order valence-electron chi connectivity index (χ3n) is 4.12. The zero-order valence-electron chi connectivity index (χ0n) is 10.8. The first-order valence-electron chi connectivity index (χ1n) is 6.80. The average molecular weight is 240 g/mol. The van der Waals surface area contributed by atoms with Crippen LogP contribution in [0.25, 0.3) is 0 Å². The fourth-order valence-corrected chi connectivity index (χ4v) is 2.71. The molecule has 0 spiro atoms. The molecule has 0 radical (unpaired) electrons. The first-order valence-corrected chi connectivity index (χ1v) is 6.80. The van der Waals surface area contributed by atoms with E-state index in [9.17, 15) is 4.79 Å². The molecule has 0 aromatic heterocycles. The van der Waals surface area contributed by atoms with Crippen LogP contribution in [0.3, 0.4) is 0 Å². The summed E-state index contributed by atoms with van der Waals surface area (Å²) < 4.78 is 5.37. The van der Waals surface area contributed by atoms with Gasteiger partial charge in [-0.15, -0.1) is 0 Å². The lowest BCUT2D eigenvalue weighted by atomic mass is 10.00. The van der Waals surface area contributed by atoms with Crippen LogP contribution in [0, 0.1) is 5.92 Å². The number of piperidine rings is 1. The number of likely N-dealkylation sites (tertiary alicyclic amines) is 1. The van der Waals surface area contributed by atoms with Crippen molar-refractivity contribution in [2.75, 3.05) is 19.7 Å². The highest BCUT2D eigenvalue weighted by molar-refractivity contribution is 5.67. The predicted molar refractivity (Wildman–Crippen MR) is 66.7 cm³/mol. The third kappa shape index (κ3) is 3.35. The second kappa shape index (κ2) is 5.25. The molecule has 2 fully saturated rings. The fourth-order valence-electron chi connectivity index (χ4n) is 2.71. The third-order valence-corrected chi connectivity index (χ3v) is 4.12. The molecule has 98 valence electrons. The summed E-state index contributed by atoms with van der Waals surface area (Å²) >= 11 is 0. The molecule has 1 saturated carbocycles. The normalized spacial score (nSPS) is 24.9. The van der Waals surface area contributed by atoms with E-state index in [1.54, 1.807) is 0 Å². The van der Waals surface area contributed by atoms with Crippen LogP contribution >= 0.6 is 0 Å². The van der Waals surface area contributed by atoms with Crippen LogP contribution in [0.4, 0.5) is 4.79 Å². The Balaban J connectivity index is 1.73. The van der Waals surface area contributed by atoms with E-state index in [0.29, 0.717) is 6.61 Å². The molecule has 0 bridgehead atoms. The van der Waals surface area contributed by atoms with Crippen molar-refractivity contribution in [3.05, 3.63) is 0 Å². The second-order valence-corrected chi connectivity index (χ2v) is 5.79. The minimum absolute atomic E-state index is 0.173. The maximum absolute atomic E-state index is 11.9. The van der Waals surface area contributed by atoms with Gasteiger partial charge in [-0.25, -0.2) is 4.79 Å². The maximum atomic E-state index is 11.9. The van der Waals surface area contributed by atoms with E-state index in [-0.39, 0.29) is 11.6 Å². The Morgan fingerprint density at radius 1 is 1.35 bits per heavy atom. The van der Waals surface area contributed by atoms with Crippen LogP contribution in [0.15, 0.2) is 0 Å². The number of carbonyl (C=O) groups is 1. The van der Waals surface area contributed by atoms with Crippen molar-refractivity contribution >= 4 is 6.09 Å². The van der Waals surface area contributed by atoms with Crippen molar-refractivity contribution in [2.45, 2.75) is 51.0 Å². The number of hydrogen-bond acceptors (Lipinski definition) is 3. The van der Waals surface area contributed by atoms with Crippen LogP contribution in [0.1, 0.15) is 45.4 Å². The van der Waals surface area contributed by atoms with Crippen LogP contribution in [-0.4, -0.2) is 36.2 Å². The number of rotatable bonds is 2. The van der Waals surface area contributed by atoms with Crippen molar-refractivity contribution in [1.82, 2.24) is 4.90 Å². The number of nitrogens with zero attached hydrogens (tertiary/aromatic N) is 1. The number of hydrogen-bond donors (Lipinski definition) is 1. The first-order chi connectivity index (χ1) is 8.09. The van der Waals surface area contributed by atoms with Crippen LogP contribution in [0.5, 0.6) is 0 Å². The van der Waals surface area contributed by atoms with Gasteiger partial charge < -0.3 is 15.4 Å². The molecule has 1 aliphatic carbocycles. The molecule has 0 aromatic rings. The molecule has 0 aromatic carbocycles. The molecule has 2 rings (SSSR count). The lowest BCUT2D eigenvalue weighted by Gasteiger charge is -2.31. The quantitative estimate of drug-likeness (QED) is 0.804. The monoisotopic (exact) mass is 240 g/mol. The standard InChI is InChI=1S/C13H24N2O2/c1-11-4-8-15(9-5-11)12(16)17-10-13(14)6-2-3-7-13/h11H,2-10,14H2,1H3. The van der Waals surface area contributed by atoms with Crippen molar-refractivity contribution in [1.29, 1.82) is 0 Å². The Labute approximate surface area is 103 Å². The minimum atomic E-state index is -0.251. The Hall–Kier alpha value is -0.770. The number of amides is 1. The van der Waals surface area contributed by atoms with Gasteiger partial charge in [-0.1, -0.05) is 19.8 Å². The smallest absolute Gasteiger partial charge is 0.409 e. The number of ether oxygens (including phenoxy) is 1. The molecule has 1 amide bonds. The van der Waals surface area contributed by atoms with Crippen LogP contribution in [-0.2, 0) is 4.74 Å². The first kappa shape index (κ1) is 12.7. The van der Waals surface area contributed by atoms with Gasteiger partial charge in [-0.3, -0.25) is 0 Å². The van der Waals surface area contributed by atoms with E-state index in [1.165, 1.54) is 0 Å². The molecule has 2 N–H and O–H groups in total. The average Bonchev–Trinajstić information content (AvgIpc) is 2.75. The molecule has 0 atom stereocenters. The Bertz CT molecular complexity index is 267. The molecular formula is C13H24N2O2. The molecular weight excluding hydrogens is 216 g/mol. The van der Waals surface area contributed by atoms with Gasteiger partial charge in [0.05, 0.1) is 5.54 Å². The van der Waals surface area contributed by atoms with E-state index >= 15 is 0 Å². The lowest BCUT2D eigenvalue weighted by molar-refractivity contribution is 0.0708. The van der Waals surface area contributed by atoms with E-state index < -0.39 is 0 Å². The Morgan fingerprint density at radius 3 is 2.53 bits per heavy atom. The van der Waals surface area contributed by atoms with Gasteiger partial charge >= 0.3 is 6.09 Å². The van der Waals surface area contributed by atoms with Gasteiger partial charge in [-0.2, -0.15) is 0 Å². The molecule has 1 heterocycles.